The lowest BCUT2D eigenvalue weighted by Crippen LogP contribution is -2.41. The van der Waals surface area contributed by atoms with Crippen molar-refractivity contribution in [1.82, 2.24) is 14.9 Å². The van der Waals surface area contributed by atoms with E-state index >= 15 is 0 Å². The van der Waals surface area contributed by atoms with Crippen molar-refractivity contribution in [3.8, 4) is 11.5 Å². The van der Waals surface area contributed by atoms with E-state index in [9.17, 15) is 13.2 Å². The van der Waals surface area contributed by atoms with Gasteiger partial charge in [-0.1, -0.05) is 36.4 Å². The van der Waals surface area contributed by atoms with E-state index in [-0.39, 0.29) is 28.8 Å². The van der Waals surface area contributed by atoms with Gasteiger partial charge in [-0.05, 0) is 29.9 Å². The van der Waals surface area contributed by atoms with Crippen LogP contribution in [0.25, 0.3) is 0 Å². The number of nitrogens with zero attached hydrogens (tertiary/aromatic N) is 3. The predicted molar refractivity (Wildman–Crippen MR) is 120 cm³/mol. The molecule has 2 aromatic rings. The first-order chi connectivity index (χ1) is 14.8. The van der Waals surface area contributed by atoms with Crippen LogP contribution in [0.1, 0.15) is 29.4 Å². The summed E-state index contributed by atoms with van der Waals surface area (Å²) in [6, 6.07) is 4.85. The Morgan fingerprint density at radius 2 is 2.03 bits per heavy atom. The number of carbonyl (C=O) groups is 1. The largest absolute Gasteiger partial charge is 0.493 e. The minimum Gasteiger partial charge on any atom is -0.493 e. The standard InChI is InChI=1S/C20H24ClN3O5S2/c1-4-30-20-22-10-15(21)18(23-20)19(25)24(14-7-8-31(26,27)12-14)11-13-5-6-16(28-2)17(9-13)29-3/h5-6,9-10,14H,4,7-8,11-12H2,1-3H3/t14-/m1/s1. The molecule has 0 radical (unpaired) electrons. The van der Waals surface area contributed by atoms with Gasteiger partial charge in [0.05, 0.1) is 36.9 Å². The van der Waals surface area contributed by atoms with E-state index in [1.807, 2.05) is 13.0 Å². The molecule has 1 atom stereocenters. The molecule has 1 aliphatic heterocycles. The van der Waals surface area contributed by atoms with Crippen LogP contribution >= 0.6 is 23.4 Å². The number of halogens is 1. The van der Waals surface area contributed by atoms with Gasteiger partial charge in [-0.2, -0.15) is 0 Å². The maximum absolute atomic E-state index is 13.5. The first-order valence-electron chi connectivity index (χ1n) is 9.65. The summed E-state index contributed by atoms with van der Waals surface area (Å²) in [6.45, 7) is 2.13. The number of hydrogen-bond donors (Lipinski definition) is 0. The Bertz CT molecular complexity index is 1060. The van der Waals surface area contributed by atoms with Crippen LogP contribution < -0.4 is 9.47 Å². The Kier molecular flexibility index (Phi) is 7.66. The SMILES string of the molecule is CCSc1ncc(Cl)c(C(=O)N(Cc2ccc(OC)c(OC)c2)[C@@H]2CCS(=O)(=O)C2)n1. The van der Waals surface area contributed by atoms with Crippen LogP contribution in [0.15, 0.2) is 29.6 Å². The van der Waals surface area contributed by atoms with E-state index in [2.05, 4.69) is 9.97 Å². The monoisotopic (exact) mass is 485 g/mol. The summed E-state index contributed by atoms with van der Waals surface area (Å²) in [5.74, 6) is 1.35. The molecule has 1 aromatic heterocycles. The summed E-state index contributed by atoms with van der Waals surface area (Å²) in [4.78, 5) is 23.5. The number of hydrogen-bond acceptors (Lipinski definition) is 8. The average molecular weight is 486 g/mol. The summed E-state index contributed by atoms with van der Waals surface area (Å²) < 4.78 is 34.9. The van der Waals surface area contributed by atoms with Gasteiger partial charge in [0.15, 0.2) is 32.2 Å². The van der Waals surface area contributed by atoms with E-state index in [0.29, 0.717) is 23.1 Å². The Morgan fingerprint density at radius 3 is 2.65 bits per heavy atom. The van der Waals surface area contributed by atoms with Crippen molar-refractivity contribution in [2.75, 3.05) is 31.5 Å². The molecule has 0 saturated carbocycles. The quantitative estimate of drug-likeness (QED) is 0.415. The van der Waals surface area contributed by atoms with Crippen molar-refractivity contribution in [1.29, 1.82) is 0 Å². The van der Waals surface area contributed by atoms with Gasteiger partial charge in [0.1, 0.15) is 0 Å². The van der Waals surface area contributed by atoms with Crippen molar-refractivity contribution >= 4 is 39.1 Å². The second-order valence-corrected chi connectivity index (χ2v) is 10.8. The second kappa shape index (κ2) is 10.1. The molecule has 1 aliphatic rings. The summed E-state index contributed by atoms with van der Waals surface area (Å²) in [6.07, 6.45) is 1.76. The zero-order valence-corrected chi connectivity index (χ0v) is 19.9. The zero-order valence-electron chi connectivity index (χ0n) is 17.5. The van der Waals surface area contributed by atoms with Crippen LogP contribution in [0.2, 0.25) is 5.02 Å². The average Bonchev–Trinajstić information content (AvgIpc) is 3.12. The molecule has 1 saturated heterocycles. The van der Waals surface area contributed by atoms with Crippen LogP contribution in [-0.4, -0.2) is 66.7 Å². The van der Waals surface area contributed by atoms with Crippen molar-refractivity contribution in [3.05, 3.63) is 40.7 Å². The number of sulfone groups is 1. The lowest BCUT2D eigenvalue weighted by molar-refractivity contribution is 0.0673. The molecular weight excluding hydrogens is 462 g/mol. The fourth-order valence-electron chi connectivity index (χ4n) is 3.40. The number of carbonyl (C=O) groups excluding carboxylic acids is 1. The lowest BCUT2D eigenvalue weighted by Gasteiger charge is -2.28. The molecule has 0 unspecified atom stereocenters. The highest BCUT2D eigenvalue weighted by Gasteiger charge is 2.36. The molecule has 31 heavy (non-hydrogen) atoms. The summed E-state index contributed by atoms with van der Waals surface area (Å²) in [5, 5.41) is 0.573. The zero-order chi connectivity index (χ0) is 22.6. The summed E-state index contributed by atoms with van der Waals surface area (Å²) >= 11 is 7.65. The number of benzene rings is 1. The third kappa shape index (κ3) is 5.61. The van der Waals surface area contributed by atoms with Crippen LogP contribution in [0.3, 0.4) is 0 Å². The van der Waals surface area contributed by atoms with Gasteiger partial charge in [0.2, 0.25) is 0 Å². The van der Waals surface area contributed by atoms with Crippen LogP contribution in [0, 0.1) is 0 Å². The summed E-state index contributed by atoms with van der Waals surface area (Å²) in [7, 11) is -0.136. The van der Waals surface area contributed by atoms with Gasteiger partial charge in [0, 0.05) is 12.6 Å². The molecular formula is C20H24ClN3O5S2. The molecule has 0 aliphatic carbocycles. The highest BCUT2D eigenvalue weighted by Crippen LogP contribution is 2.30. The first-order valence-corrected chi connectivity index (χ1v) is 12.8. The molecule has 3 rings (SSSR count). The fraction of sp³-hybridized carbons (Fsp3) is 0.450. The highest BCUT2D eigenvalue weighted by atomic mass is 35.5. The van der Waals surface area contributed by atoms with Gasteiger partial charge >= 0.3 is 0 Å². The molecule has 2 heterocycles. The minimum absolute atomic E-state index is 0.0435. The Morgan fingerprint density at radius 1 is 1.29 bits per heavy atom. The normalized spacial score (nSPS) is 17.4. The topological polar surface area (TPSA) is 98.7 Å². The van der Waals surface area contributed by atoms with Crippen molar-refractivity contribution in [2.45, 2.75) is 31.1 Å². The van der Waals surface area contributed by atoms with E-state index in [1.54, 1.807) is 19.2 Å². The van der Waals surface area contributed by atoms with Gasteiger partial charge in [-0.25, -0.2) is 18.4 Å². The first kappa shape index (κ1) is 23.6. The molecule has 0 spiro atoms. The van der Waals surface area contributed by atoms with Crippen LogP contribution in [0.4, 0.5) is 0 Å². The Labute approximate surface area is 191 Å². The third-order valence-electron chi connectivity index (χ3n) is 4.91. The number of amides is 1. The van der Waals surface area contributed by atoms with Crippen LogP contribution in [0.5, 0.6) is 11.5 Å². The molecule has 168 valence electrons. The number of rotatable bonds is 8. The van der Waals surface area contributed by atoms with Gasteiger partial charge < -0.3 is 14.4 Å². The molecule has 0 bridgehead atoms. The fourth-order valence-corrected chi connectivity index (χ4v) is 5.84. The van der Waals surface area contributed by atoms with Gasteiger partial charge in [-0.15, -0.1) is 0 Å². The van der Waals surface area contributed by atoms with E-state index in [4.69, 9.17) is 21.1 Å². The number of thioether (sulfide) groups is 1. The maximum Gasteiger partial charge on any atom is 0.274 e. The predicted octanol–water partition coefficient (Wildman–Crippen LogP) is 3.09. The summed E-state index contributed by atoms with van der Waals surface area (Å²) in [5.41, 5.74) is 0.834. The number of aromatic nitrogens is 2. The van der Waals surface area contributed by atoms with Crippen molar-refractivity contribution in [2.24, 2.45) is 0 Å². The molecule has 1 aromatic carbocycles. The highest BCUT2D eigenvalue weighted by molar-refractivity contribution is 7.99. The lowest BCUT2D eigenvalue weighted by atomic mass is 10.1. The number of methoxy groups -OCH3 is 2. The maximum atomic E-state index is 13.5. The van der Waals surface area contributed by atoms with E-state index < -0.39 is 21.8 Å². The molecule has 0 N–H and O–H groups in total. The third-order valence-corrected chi connectivity index (χ3v) is 7.68. The van der Waals surface area contributed by atoms with E-state index in [0.717, 1.165) is 11.3 Å². The van der Waals surface area contributed by atoms with Crippen LogP contribution in [-0.2, 0) is 16.4 Å². The smallest absolute Gasteiger partial charge is 0.274 e. The molecule has 8 nitrogen and oxygen atoms in total. The second-order valence-electron chi connectivity index (χ2n) is 6.96. The molecule has 1 amide bonds. The van der Waals surface area contributed by atoms with Crippen molar-refractivity contribution < 1.29 is 22.7 Å². The Hall–Kier alpha value is -2.04. The molecule has 11 heteroatoms. The van der Waals surface area contributed by atoms with E-state index in [1.165, 1.54) is 30.0 Å². The minimum atomic E-state index is -3.21. The Balaban J connectivity index is 1.98. The van der Waals surface area contributed by atoms with Gasteiger partial charge in [0.25, 0.3) is 5.91 Å². The van der Waals surface area contributed by atoms with Crippen molar-refractivity contribution in [3.63, 3.8) is 0 Å². The van der Waals surface area contributed by atoms with Gasteiger partial charge in [-0.3, -0.25) is 4.79 Å². The molecule has 1 fully saturated rings. The number of ether oxygens (including phenoxy) is 2.